The lowest BCUT2D eigenvalue weighted by Gasteiger charge is -2.09. The normalized spacial score (nSPS) is 12.2. The van der Waals surface area contributed by atoms with E-state index in [9.17, 15) is 13.6 Å². The van der Waals surface area contributed by atoms with Gasteiger partial charge in [-0.05, 0) is 24.8 Å². The molecule has 1 N–H and O–H groups in total. The van der Waals surface area contributed by atoms with Crippen molar-refractivity contribution >= 4 is 17.7 Å². The lowest BCUT2D eigenvalue weighted by molar-refractivity contribution is 0.0948. The second-order valence-corrected chi connectivity index (χ2v) is 4.97. The first-order valence-corrected chi connectivity index (χ1v) is 6.60. The summed E-state index contributed by atoms with van der Waals surface area (Å²) in [6.45, 7) is 2.50. The summed E-state index contributed by atoms with van der Waals surface area (Å²) in [6.07, 6.45) is 2.78. The van der Waals surface area contributed by atoms with Gasteiger partial charge in [-0.1, -0.05) is 13.0 Å². The summed E-state index contributed by atoms with van der Waals surface area (Å²) in [5, 5.41) is 3.00. The van der Waals surface area contributed by atoms with Crippen LogP contribution < -0.4 is 5.32 Å². The number of amides is 1. The van der Waals surface area contributed by atoms with Crippen LogP contribution in [0.15, 0.2) is 18.2 Å². The second-order valence-electron chi connectivity index (χ2n) is 3.69. The first kappa shape index (κ1) is 14.0. The standard InChI is InChI=1S/C12H15F2NOS/c1-8(17-2)6-7-15-12(16)9-4-3-5-10(13)11(9)14/h3-5,8H,6-7H2,1-2H3,(H,15,16). The zero-order valence-corrected chi connectivity index (χ0v) is 10.6. The summed E-state index contributed by atoms with van der Waals surface area (Å²) in [5.74, 6) is -2.67. The fourth-order valence-corrected chi connectivity index (χ4v) is 1.63. The average molecular weight is 259 g/mol. The Bertz CT molecular complexity index is 398. The predicted octanol–water partition coefficient (Wildman–Crippen LogP) is 2.84. The SMILES string of the molecule is CSC(C)CCNC(=O)c1cccc(F)c1F. The Kier molecular flexibility index (Phi) is 5.41. The Hall–Kier alpha value is -1.10. The summed E-state index contributed by atoms with van der Waals surface area (Å²) >= 11 is 1.69. The molecule has 0 aliphatic heterocycles. The first-order valence-electron chi connectivity index (χ1n) is 5.31. The topological polar surface area (TPSA) is 29.1 Å². The Morgan fingerprint density at radius 2 is 2.18 bits per heavy atom. The van der Waals surface area contributed by atoms with E-state index in [0.717, 1.165) is 12.5 Å². The molecule has 0 aliphatic rings. The molecule has 94 valence electrons. The molecule has 0 bridgehead atoms. The van der Waals surface area contributed by atoms with Crippen molar-refractivity contribution < 1.29 is 13.6 Å². The van der Waals surface area contributed by atoms with Crippen LogP contribution in [0.4, 0.5) is 8.78 Å². The van der Waals surface area contributed by atoms with Gasteiger partial charge in [0.2, 0.25) is 0 Å². The number of thioether (sulfide) groups is 1. The minimum Gasteiger partial charge on any atom is -0.352 e. The summed E-state index contributed by atoms with van der Waals surface area (Å²) in [6, 6.07) is 3.57. The van der Waals surface area contributed by atoms with E-state index < -0.39 is 17.5 Å². The lowest BCUT2D eigenvalue weighted by Crippen LogP contribution is -2.27. The molecule has 2 nitrogen and oxygen atoms in total. The number of hydrogen-bond acceptors (Lipinski definition) is 2. The van der Waals surface area contributed by atoms with Crippen LogP contribution in [0.3, 0.4) is 0 Å². The lowest BCUT2D eigenvalue weighted by atomic mass is 10.2. The van der Waals surface area contributed by atoms with Crippen molar-refractivity contribution in [2.24, 2.45) is 0 Å². The quantitative estimate of drug-likeness (QED) is 0.881. The van der Waals surface area contributed by atoms with E-state index in [0.29, 0.717) is 11.8 Å². The summed E-state index contributed by atoms with van der Waals surface area (Å²) in [5.41, 5.74) is -0.248. The van der Waals surface area contributed by atoms with Gasteiger partial charge in [-0.3, -0.25) is 4.79 Å². The van der Waals surface area contributed by atoms with Gasteiger partial charge in [0.1, 0.15) is 0 Å². The van der Waals surface area contributed by atoms with Gasteiger partial charge in [-0.15, -0.1) is 0 Å². The van der Waals surface area contributed by atoms with Crippen LogP contribution in [0.25, 0.3) is 0 Å². The molecule has 5 heteroatoms. The van der Waals surface area contributed by atoms with Crippen molar-refractivity contribution in [1.82, 2.24) is 5.32 Å². The fraction of sp³-hybridized carbons (Fsp3) is 0.417. The van der Waals surface area contributed by atoms with E-state index >= 15 is 0 Å². The molecule has 0 aliphatic carbocycles. The molecule has 1 atom stereocenters. The number of hydrogen-bond donors (Lipinski definition) is 1. The van der Waals surface area contributed by atoms with Crippen LogP contribution in [-0.2, 0) is 0 Å². The van der Waals surface area contributed by atoms with E-state index in [-0.39, 0.29) is 5.56 Å². The molecular weight excluding hydrogens is 244 g/mol. The molecule has 1 rings (SSSR count). The number of halogens is 2. The van der Waals surface area contributed by atoms with Crippen LogP contribution >= 0.6 is 11.8 Å². The third-order valence-corrected chi connectivity index (χ3v) is 3.48. The number of benzene rings is 1. The maximum absolute atomic E-state index is 13.3. The van der Waals surface area contributed by atoms with Gasteiger partial charge in [0, 0.05) is 11.8 Å². The highest BCUT2D eigenvalue weighted by Crippen LogP contribution is 2.12. The summed E-state index contributed by atoms with van der Waals surface area (Å²) < 4.78 is 26.2. The number of rotatable bonds is 5. The van der Waals surface area contributed by atoms with Gasteiger partial charge >= 0.3 is 0 Å². The van der Waals surface area contributed by atoms with Gasteiger partial charge in [0.25, 0.3) is 5.91 Å². The minimum atomic E-state index is -1.09. The highest BCUT2D eigenvalue weighted by molar-refractivity contribution is 7.99. The van der Waals surface area contributed by atoms with Crippen molar-refractivity contribution in [2.75, 3.05) is 12.8 Å². The van der Waals surface area contributed by atoms with Gasteiger partial charge in [0.05, 0.1) is 5.56 Å². The smallest absolute Gasteiger partial charge is 0.254 e. The Morgan fingerprint density at radius 1 is 1.47 bits per heavy atom. The minimum absolute atomic E-state index is 0.248. The van der Waals surface area contributed by atoms with Gasteiger partial charge in [0.15, 0.2) is 11.6 Å². The van der Waals surface area contributed by atoms with Crippen LogP contribution in [0, 0.1) is 11.6 Å². The third kappa shape index (κ3) is 4.00. The zero-order valence-electron chi connectivity index (χ0n) is 9.80. The van der Waals surface area contributed by atoms with Gasteiger partial charge in [-0.2, -0.15) is 11.8 Å². The number of carbonyl (C=O) groups excluding carboxylic acids is 1. The molecule has 0 heterocycles. The maximum atomic E-state index is 13.3. The molecule has 1 unspecified atom stereocenters. The van der Waals surface area contributed by atoms with Gasteiger partial charge < -0.3 is 5.32 Å². The van der Waals surface area contributed by atoms with Crippen LogP contribution in [0.1, 0.15) is 23.7 Å². The largest absolute Gasteiger partial charge is 0.352 e. The van der Waals surface area contributed by atoms with Crippen LogP contribution in [0.2, 0.25) is 0 Å². The molecule has 0 saturated heterocycles. The summed E-state index contributed by atoms with van der Waals surface area (Å²) in [7, 11) is 0. The molecule has 0 spiro atoms. The highest BCUT2D eigenvalue weighted by atomic mass is 32.2. The van der Waals surface area contributed by atoms with Crippen molar-refractivity contribution in [3.05, 3.63) is 35.4 Å². The van der Waals surface area contributed by atoms with Crippen LogP contribution in [-0.4, -0.2) is 24.0 Å². The molecular formula is C12H15F2NOS. The van der Waals surface area contributed by atoms with Crippen molar-refractivity contribution in [3.63, 3.8) is 0 Å². The second kappa shape index (κ2) is 6.59. The first-order chi connectivity index (χ1) is 8.06. The molecule has 0 saturated carbocycles. The predicted molar refractivity (Wildman–Crippen MR) is 66.3 cm³/mol. The summed E-state index contributed by atoms with van der Waals surface area (Å²) in [4.78, 5) is 11.6. The van der Waals surface area contributed by atoms with Crippen molar-refractivity contribution in [1.29, 1.82) is 0 Å². The maximum Gasteiger partial charge on any atom is 0.254 e. The third-order valence-electron chi connectivity index (χ3n) is 2.44. The Labute approximate surface area is 104 Å². The molecule has 0 aromatic heterocycles. The molecule has 1 amide bonds. The van der Waals surface area contributed by atoms with E-state index in [1.807, 2.05) is 13.2 Å². The molecule has 0 fully saturated rings. The monoisotopic (exact) mass is 259 g/mol. The number of carbonyl (C=O) groups is 1. The van der Waals surface area contributed by atoms with E-state index in [4.69, 9.17) is 0 Å². The Balaban J connectivity index is 2.56. The van der Waals surface area contributed by atoms with E-state index in [2.05, 4.69) is 5.32 Å². The zero-order chi connectivity index (χ0) is 12.8. The fourth-order valence-electron chi connectivity index (χ4n) is 1.28. The van der Waals surface area contributed by atoms with Crippen molar-refractivity contribution in [3.8, 4) is 0 Å². The average Bonchev–Trinajstić information content (AvgIpc) is 2.32. The highest BCUT2D eigenvalue weighted by Gasteiger charge is 2.14. The van der Waals surface area contributed by atoms with Crippen LogP contribution in [0.5, 0.6) is 0 Å². The molecule has 17 heavy (non-hydrogen) atoms. The molecule has 1 aromatic carbocycles. The molecule has 0 radical (unpaired) electrons. The van der Waals surface area contributed by atoms with Gasteiger partial charge in [-0.25, -0.2) is 8.78 Å². The molecule has 1 aromatic rings. The van der Waals surface area contributed by atoms with E-state index in [1.165, 1.54) is 12.1 Å². The van der Waals surface area contributed by atoms with Crippen molar-refractivity contribution in [2.45, 2.75) is 18.6 Å². The number of nitrogens with one attached hydrogen (secondary N) is 1. The van der Waals surface area contributed by atoms with E-state index in [1.54, 1.807) is 11.8 Å². The Morgan fingerprint density at radius 3 is 2.82 bits per heavy atom.